The average molecular weight is 251 g/mol. The monoisotopic (exact) mass is 251 g/mol. The maximum Gasteiger partial charge on any atom is 0.231 e. The number of methoxy groups -OCH3 is 1. The van der Waals surface area contributed by atoms with Gasteiger partial charge in [-0.05, 0) is 44.5 Å². The predicted molar refractivity (Wildman–Crippen MR) is 70.0 cm³/mol. The highest BCUT2D eigenvalue weighted by Crippen LogP contribution is 2.32. The van der Waals surface area contributed by atoms with Crippen molar-refractivity contribution in [2.45, 2.75) is 32.4 Å². The second-order valence-corrected chi connectivity index (χ2v) is 5.08. The second-order valence-electron chi connectivity index (χ2n) is 5.08. The molecule has 0 fully saturated rings. The van der Waals surface area contributed by atoms with Crippen molar-refractivity contribution in [2.75, 3.05) is 20.4 Å². The van der Waals surface area contributed by atoms with E-state index >= 15 is 0 Å². The van der Waals surface area contributed by atoms with Crippen molar-refractivity contribution in [3.63, 3.8) is 0 Å². The minimum Gasteiger partial charge on any atom is -0.454 e. The Morgan fingerprint density at radius 1 is 1.28 bits per heavy atom. The Hall–Kier alpha value is -1.26. The van der Waals surface area contributed by atoms with E-state index in [0.717, 1.165) is 31.0 Å². The quantitative estimate of drug-likeness (QED) is 0.788. The van der Waals surface area contributed by atoms with Crippen LogP contribution < -0.4 is 14.8 Å². The van der Waals surface area contributed by atoms with Crippen LogP contribution in [0.15, 0.2) is 18.2 Å². The van der Waals surface area contributed by atoms with Crippen LogP contribution in [0.1, 0.15) is 25.8 Å². The molecule has 0 unspecified atom stereocenters. The number of rotatable bonds is 6. The Labute approximate surface area is 108 Å². The Morgan fingerprint density at radius 2 is 2.06 bits per heavy atom. The third-order valence-corrected chi connectivity index (χ3v) is 3.22. The minimum atomic E-state index is -0.0676. The smallest absolute Gasteiger partial charge is 0.231 e. The van der Waals surface area contributed by atoms with E-state index in [0.29, 0.717) is 6.79 Å². The molecule has 0 bridgehead atoms. The summed E-state index contributed by atoms with van der Waals surface area (Å²) >= 11 is 0. The number of nitrogens with one attached hydrogen (secondary N) is 1. The Bertz CT molecular complexity index is 404. The number of ether oxygens (including phenoxy) is 3. The van der Waals surface area contributed by atoms with Gasteiger partial charge in [0.05, 0.1) is 5.60 Å². The summed E-state index contributed by atoms with van der Waals surface area (Å²) < 4.78 is 16.0. The molecule has 1 aromatic carbocycles. The highest BCUT2D eigenvalue weighted by Gasteiger charge is 2.15. The molecule has 0 spiro atoms. The molecule has 0 saturated carbocycles. The lowest BCUT2D eigenvalue weighted by molar-refractivity contribution is 0.0158. The highest BCUT2D eigenvalue weighted by molar-refractivity contribution is 5.44. The molecule has 18 heavy (non-hydrogen) atoms. The zero-order chi connectivity index (χ0) is 13.0. The van der Waals surface area contributed by atoms with Gasteiger partial charge in [0.2, 0.25) is 6.79 Å². The fourth-order valence-electron chi connectivity index (χ4n) is 1.78. The highest BCUT2D eigenvalue weighted by atomic mass is 16.7. The van der Waals surface area contributed by atoms with E-state index in [1.54, 1.807) is 7.11 Å². The molecule has 1 N–H and O–H groups in total. The summed E-state index contributed by atoms with van der Waals surface area (Å²) in [7, 11) is 1.75. The van der Waals surface area contributed by atoms with Crippen LogP contribution in [-0.4, -0.2) is 26.0 Å². The van der Waals surface area contributed by atoms with Gasteiger partial charge in [0.25, 0.3) is 0 Å². The maximum atomic E-state index is 5.37. The molecule has 1 aliphatic heterocycles. The molecular formula is C14H21NO3. The molecule has 0 radical (unpaired) electrons. The fraction of sp³-hybridized carbons (Fsp3) is 0.571. The molecular weight excluding hydrogens is 230 g/mol. The third kappa shape index (κ3) is 3.37. The maximum absolute atomic E-state index is 5.37. The van der Waals surface area contributed by atoms with E-state index in [2.05, 4.69) is 25.2 Å². The number of fused-ring (bicyclic) bond motifs is 1. The third-order valence-electron chi connectivity index (χ3n) is 3.22. The van der Waals surface area contributed by atoms with E-state index in [4.69, 9.17) is 14.2 Å². The van der Waals surface area contributed by atoms with E-state index < -0.39 is 0 Å². The Kier molecular flexibility index (Phi) is 4.09. The van der Waals surface area contributed by atoms with Crippen LogP contribution in [0, 0.1) is 0 Å². The first-order chi connectivity index (χ1) is 8.61. The molecule has 0 aliphatic carbocycles. The summed E-state index contributed by atoms with van der Waals surface area (Å²) in [4.78, 5) is 0. The first kappa shape index (κ1) is 13.2. The Balaban J connectivity index is 1.77. The van der Waals surface area contributed by atoms with Gasteiger partial charge in [0.15, 0.2) is 11.5 Å². The summed E-state index contributed by atoms with van der Waals surface area (Å²) in [5.74, 6) is 1.67. The van der Waals surface area contributed by atoms with Crippen molar-refractivity contribution in [2.24, 2.45) is 0 Å². The van der Waals surface area contributed by atoms with Crippen LogP contribution in [0.3, 0.4) is 0 Å². The SMILES string of the molecule is COC(C)(C)CCNCc1ccc2c(c1)OCO2. The Morgan fingerprint density at radius 3 is 2.83 bits per heavy atom. The van der Waals surface area contributed by atoms with Gasteiger partial charge in [0, 0.05) is 13.7 Å². The summed E-state index contributed by atoms with van der Waals surface area (Å²) in [6, 6.07) is 6.04. The van der Waals surface area contributed by atoms with Crippen LogP contribution in [0.25, 0.3) is 0 Å². The molecule has 1 aliphatic rings. The molecule has 0 atom stereocenters. The van der Waals surface area contributed by atoms with E-state index in [1.807, 2.05) is 12.1 Å². The molecule has 4 heteroatoms. The number of benzene rings is 1. The molecule has 2 rings (SSSR count). The lowest BCUT2D eigenvalue weighted by Gasteiger charge is -2.22. The lowest BCUT2D eigenvalue weighted by Crippen LogP contribution is -2.28. The molecule has 0 amide bonds. The van der Waals surface area contributed by atoms with Gasteiger partial charge in [0.1, 0.15) is 0 Å². The van der Waals surface area contributed by atoms with Gasteiger partial charge in [-0.15, -0.1) is 0 Å². The topological polar surface area (TPSA) is 39.7 Å². The van der Waals surface area contributed by atoms with E-state index in [9.17, 15) is 0 Å². The van der Waals surface area contributed by atoms with Crippen LogP contribution in [0.4, 0.5) is 0 Å². The van der Waals surface area contributed by atoms with Crippen LogP contribution >= 0.6 is 0 Å². The summed E-state index contributed by atoms with van der Waals surface area (Å²) in [5.41, 5.74) is 1.14. The zero-order valence-corrected chi connectivity index (χ0v) is 11.3. The summed E-state index contributed by atoms with van der Waals surface area (Å²) in [6.45, 7) is 6.27. The molecule has 4 nitrogen and oxygen atoms in total. The standard InChI is InChI=1S/C14H21NO3/c1-14(2,16-3)6-7-15-9-11-4-5-12-13(8-11)18-10-17-12/h4-5,8,15H,6-7,9-10H2,1-3H3. The lowest BCUT2D eigenvalue weighted by atomic mass is 10.1. The van der Waals surface area contributed by atoms with Gasteiger partial charge in [-0.1, -0.05) is 6.07 Å². The van der Waals surface area contributed by atoms with Crippen LogP contribution in [-0.2, 0) is 11.3 Å². The van der Waals surface area contributed by atoms with Crippen molar-refractivity contribution < 1.29 is 14.2 Å². The number of hydrogen-bond donors (Lipinski definition) is 1. The summed E-state index contributed by atoms with van der Waals surface area (Å²) in [6.07, 6.45) is 0.980. The molecule has 100 valence electrons. The van der Waals surface area contributed by atoms with Crippen molar-refractivity contribution in [1.29, 1.82) is 0 Å². The minimum absolute atomic E-state index is 0.0676. The van der Waals surface area contributed by atoms with Crippen molar-refractivity contribution in [3.8, 4) is 11.5 Å². The second kappa shape index (κ2) is 5.59. The van der Waals surface area contributed by atoms with Crippen molar-refractivity contribution in [1.82, 2.24) is 5.32 Å². The zero-order valence-electron chi connectivity index (χ0n) is 11.3. The van der Waals surface area contributed by atoms with E-state index in [1.165, 1.54) is 5.56 Å². The van der Waals surface area contributed by atoms with Gasteiger partial charge >= 0.3 is 0 Å². The first-order valence-corrected chi connectivity index (χ1v) is 6.25. The van der Waals surface area contributed by atoms with Crippen molar-refractivity contribution >= 4 is 0 Å². The predicted octanol–water partition coefficient (Wildman–Crippen LogP) is 2.32. The van der Waals surface area contributed by atoms with Gasteiger partial charge in [-0.25, -0.2) is 0 Å². The molecule has 0 aromatic heterocycles. The molecule has 0 saturated heterocycles. The largest absolute Gasteiger partial charge is 0.454 e. The average Bonchev–Trinajstić information content (AvgIpc) is 2.82. The fourth-order valence-corrected chi connectivity index (χ4v) is 1.78. The van der Waals surface area contributed by atoms with Crippen LogP contribution in [0.2, 0.25) is 0 Å². The number of hydrogen-bond acceptors (Lipinski definition) is 4. The van der Waals surface area contributed by atoms with Crippen molar-refractivity contribution in [3.05, 3.63) is 23.8 Å². The normalized spacial score (nSPS) is 13.9. The molecule has 1 heterocycles. The van der Waals surface area contributed by atoms with Gasteiger partial charge < -0.3 is 19.5 Å². The van der Waals surface area contributed by atoms with E-state index in [-0.39, 0.29) is 5.60 Å². The van der Waals surface area contributed by atoms with Gasteiger partial charge in [-0.2, -0.15) is 0 Å². The van der Waals surface area contributed by atoms with Crippen LogP contribution in [0.5, 0.6) is 11.5 Å². The first-order valence-electron chi connectivity index (χ1n) is 6.25. The molecule has 1 aromatic rings. The summed E-state index contributed by atoms with van der Waals surface area (Å²) in [5, 5.41) is 3.41. The van der Waals surface area contributed by atoms with Gasteiger partial charge in [-0.3, -0.25) is 0 Å².